The van der Waals surface area contributed by atoms with Crippen LogP contribution in [-0.2, 0) is 0 Å². The Balaban J connectivity index is 1.20. The molecule has 5 heteroatoms. The van der Waals surface area contributed by atoms with Gasteiger partial charge in [0.05, 0.1) is 13.1 Å². The molecule has 0 radical (unpaired) electrons. The molecule has 0 bridgehead atoms. The molecule has 0 aliphatic carbocycles. The zero-order valence-corrected chi connectivity index (χ0v) is 16.7. The Morgan fingerprint density at radius 3 is 1.79 bits per heavy atom. The molecule has 1 saturated heterocycles. The highest BCUT2D eigenvalue weighted by Crippen LogP contribution is 2.25. The van der Waals surface area contributed by atoms with Crippen LogP contribution in [0.2, 0.25) is 0 Å². The van der Waals surface area contributed by atoms with Crippen LogP contribution in [0.25, 0.3) is 6.08 Å². The van der Waals surface area contributed by atoms with Crippen LogP contribution < -0.4 is 15.5 Å². The first-order chi connectivity index (χ1) is 14.3. The summed E-state index contributed by atoms with van der Waals surface area (Å²) in [4.78, 5) is 11.5. The summed E-state index contributed by atoms with van der Waals surface area (Å²) in [5.41, 5.74) is 6.49. The summed E-state index contributed by atoms with van der Waals surface area (Å²) in [5, 5.41) is 6.67. The molecule has 0 amide bonds. The van der Waals surface area contributed by atoms with Crippen molar-refractivity contribution in [2.75, 3.05) is 44.2 Å². The van der Waals surface area contributed by atoms with Crippen molar-refractivity contribution in [2.45, 2.75) is 12.8 Å². The molecule has 3 aliphatic heterocycles. The molecular formula is C24H27N5. The van der Waals surface area contributed by atoms with E-state index in [9.17, 15) is 0 Å². The van der Waals surface area contributed by atoms with Gasteiger partial charge in [0.2, 0.25) is 0 Å². The fourth-order valence-electron chi connectivity index (χ4n) is 4.18. The van der Waals surface area contributed by atoms with Crippen LogP contribution in [0.1, 0.15) is 29.5 Å². The molecule has 2 aromatic rings. The number of aliphatic imine (C=N–C) groups is 2. The van der Waals surface area contributed by atoms with E-state index in [0.717, 1.165) is 63.8 Å². The van der Waals surface area contributed by atoms with E-state index in [1.54, 1.807) is 0 Å². The zero-order chi connectivity index (χ0) is 19.5. The number of benzene rings is 2. The Morgan fingerprint density at radius 1 is 0.724 bits per heavy atom. The zero-order valence-electron chi connectivity index (χ0n) is 16.7. The maximum absolute atomic E-state index is 4.50. The van der Waals surface area contributed by atoms with E-state index >= 15 is 0 Å². The Hall–Kier alpha value is -3.08. The quantitative estimate of drug-likeness (QED) is 0.851. The second-order valence-electron chi connectivity index (χ2n) is 7.77. The first-order valence-corrected chi connectivity index (χ1v) is 10.6. The van der Waals surface area contributed by atoms with Crippen molar-refractivity contribution in [3.05, 3.63) is 70.8 Å². The minimum atomic E-state index is 0.881. The highest BCUT2D eigenvalue weighted by atomic mass is 15.1. The van der Waals surface area contributed by atoms with Crippen molar-refractivity contribution in [3.63, 3.8) is 0 Å². The predicted molar refractivity (Wildman–Crippen MR) is 121 cm³/mol. The van der Waals surface area contributed by atoms with Gasteiger partial charge in [-0.25, -0.2) is 0 Å². The number of nitrogens with one attached hydrogen (secondary N) is 2. The molecule has 5 rings (SSSR count). The molecule has 148 valence electrons. The van der Waals surface area contributed by atoms with Crippen molar-refractivity contribution in [1.82, 2.24) is 10.6 Å². The Kier molecular flexibility index (Phi) is 5.03. The molecular weight excluding hydrogens is 358 g/mol. The Labute approximate surface area is 172 Å². The summed E-state index contributed by atoms with van der Waals surface area (Å²) >= 11 is 0. The lowest BCUT2D eigenvalue weighted by molar-refractivity contribution is 0.689. The van der Waals surface area contributed by atoms with Crippen LogP contribution in [0.3, 0.4) is 0 Å². The highest BCUT2D eigenvalue weighted by Gasteiger charge is 2.15. The van der Waals surface area contributed by atoms with E-state index < -0.39 is 0 Å². The summed E-state index contributed by atoms with van der Waals surface area (Å²) in [6.07, 6.45) is 4.59. The van der Waals surface area contributed by atoms with E-state index in [-0.39, 0.29) is 0 Å². The largest absolute Gasteiger partial charge is 0.371 e. The summed E-state index contributed by atoms with van der Waals surface area (Å²) in [5.74, 6) is 2.06. The van der Waals surface area contributed by atoms with Gasteiger partial charge in [-0.05, 0) is 42.7 Å². The van der Waals surface area contributed by atoms with E-state index in [1.165, 1.54) is 28.0 Å². The average Bonchev–Trinajstić information content (AvgIpc) is 3.50. The summed E-state index contributed by atoms with van der Waals surface area (Å²) in [6, 6.07) is 17.6. The second kappa shape index (κ2) is 8.11. The molecule has 3 heterocycles. The fourth-order valence-corrected chi connectivity index (χ4v) is 4.18. The Bertz CT molecular complexity index is 944. The van der Waals surface area contributed by atoms with Crippen molar-refractivity contribution in [1.29, 1.82) is 0 Å². The first-order valence-electron chi connectivity index (χ1n) is 10.6. The standard InChI is InChI=1S/C24H27N5/c1-3-20(23-25-11-12-26-23)4-2-18(1)17-19-9-15-29(16-10-19)22-7-5-21(6-8-22)24-27-13-14-28-24/h1-8,17H,9-16H2,(H,25,26)(H,27,28). The molecule has 0 spiro atoms. The van der Waals surface area contributed by atoms with Crippen LogP contribution in [0.4, 0.5) is 5.69 Å². The lowest BCUT2D eigenvalue weighted by atomic mass is 9.99. The van der Waals surface area contributed by atoms with E-state index in [1.807, 2.05) is 0 Å². The summed E-state index contributed by atoms with van der Waals surface area (Å²) in [7, 11) is 0. The molecule has 5 nitrogen and oxygen atoms in total. The third-order valence-corrected chi connectivity index (χ3v) is 5.81. The molecule has 0 unspecified atom stereocenters. The predicted octanol–water partition coefficient (Wildman–Crippen LogP) is 3.07. The SMILES string of the molecule is C(=C1CCN(c2ccc(C3=NCCN3)cc2)CC1)c1ccc(C2=NCCN2)cc1. The Morgan fingerprint density at radius 2 is 1.28 bits per heavy atom. The second-order valence-corrected chi connectivity index (χ2v) is 7.77. The average molecular weight is 386 g/mol. The lowest BCUT2D eigenvalue weighted by Crippen LogP contribution is -2.30. The molecule has 0 atom stereocenters. The van der Waals surface area contributed by atoms with Gasteiger partial charge in [0.15, 0.2) is 0 Å². The third kappa shape index (κ3) is 4.04. The fraction of sp³-hybridized carbons (Fsp3) is 0.333. The van der Waals surface area contributed by atoms with E-state index in [4.69, 9.17) is 0 Å². The number of piperidine rings is 1. The summed E-state index contributed by atoms with van der Waals surface area (Å²) < 4.78 is 0. The minimum absolute atomic E-state index is 0.881. The monoisotopic (exact) mass is 385 g/mol. The number of rotatable bonds is 4. The van der Waals surface area contributed by atoms with Gasteiger partial charge in [-0.15, -0.1) is 0 Å². The molecule has 1 fully saturated rings. The number of anilines is 1. The van der Waals surface area contributed by atoms with Crippen molar-refractivity contribution in [2.24, 2.45) is 9.98 Å². The van der Waals surface area contributed by atoms with Gasteiger partial charge >= 0.3 is 0 Å². The number of amidine groups is 2. The molecule has 0 aromatic heterocycles. The molecule has 3 aliphatic rings. The van der Waals surface area contributed by atoms with Crippen LogP contribution in [-0.4, -0.2) is 50.9 Å². The number of nitrogens with zero attached hydrogens (tertiary/aromatic N) is 3. The van der Waals surface area contributed by atoms with Crippen LogP contribution >= 0.6 is 0 Å². The van der Waals surface area contributed by atoms with Gasteiger partial charge in [-0.1, -0.05) is 35.9 Å². The van der Waals surface area contributed by atoms with Crippen molar-refractivity contribution in [3.8, 4) is 0 Å². The van der Waals surface area contributed by atoms with Gasteiger partial charge < -0.3 is 15.5 Å². The van der Waals surface area contributed by atoms with Crippen LogP contribution in [0.5, 0.6) is 0 Å². The van der Waals surface area contributed by atoms with E-state index in [0.29, 0.717) is 0 Å². The topological polar surface area (TPSA) is 52.0 Å². The van der Waals surface area contributed by atoms with E-state index in [2.05, 4.69) is 80.1 Å². The van der Waals surface area contributed by atoms with Gasteiger partial charge in [-0.2, -0.15) is 0 Å². The molecule has 2 aromatic carbocycles. The third-order valence-electron chi connectivity index (χ3n) is 5.81. The molecule has 0 saturated carbocycles. The first kappa shape index (κ1) is 18.0. The van der Waals surface area contributed by atoms with Gasteiger partial charge in [0, 0.05) is 43.0 Å². The molecule has 29 heavy (non-hydrogen) atoms. The maximum Gasteiger partial charge on any atom is 0.128 e. The van der Waals surface area contributed by atoms with Crippen LogP contribution in [0, 0.1) is 0 Å². The molecule has 2 N–H and O–H groups in total. The van der Waals surface area contributed by atoms with Crippen molar-refractivity contribution >= 4 is 23.4 Å². The minimum Gasteiger partial charge on any atom is -0.371 e. The number of hydrogen-bond acceptors (Lipinski definition) is 5. The number of hydrogen-bond donors (Lipinski definition) is 2. The lowest BCUT2D eigenvalue weighted by Gasteiger charge is -2.30. The van der Waals surface area contributed by atoms with Gasteiger partial charge in [0.1, 0.15) is 11.7 Å². The smallest absolute Gasteiger partial charge is 0.128 e. The normalized spacial score (nSPS) is 18.8. The van der Waals surface area contributed by atoms with Crippen molar-refractivity contribution < 1.29 is 0 Å². The van der Waals surface area contributed by atoms with Crippen LogP contribution in [0.15, 0.2) is 64.1 Å². The maximum atomic E-state index is 4.50. The highest BCUT2D eigenvalue weighted by molar-refractivity contribution is 6.00. The van der Waals surface area contributed by atoms with Gasteiger partial charge in [-0.3, -0.25) is 9.98 Å². The van der Waals surface area contributed by atoms with Gasteiger partial charge in [0.25, 0.3) is 0 Å². The summed E-state index contributed by atoms with van der Waals surface area (Å²) in [6.45, 7) is 5.81.